The minimum atomic E-state index is -2.37. The van der Waals surface area contributed by atoms with E-state index in [2.05, 4.69) is 218 Å². The van der Waals surface area contributed by atoms with E-state index in [0.717, 1.165) is 57.1 Å². The van der Waals surface area contributed by atoms with Crippen molar-refractivity contribution >= 4 is 57.2 Å². The molecule has 0 unspecified atom stereocenters. The summed E-state index contributed by atoms with van der Waals surface area (Å²) >= 11 is 0. The molecule has 0 saturated heterocycles. The predicted molar refractivity (Wildman–Crippen MR) is 276 cm³/mol. The third-order valence-electron chi connectivity index (χ3n) is 14.5. The Balaban J connectivity index is 1.47. The molecular weight excluding hydrogens is 759 g/mol. The maximum Gasteiger partial charge on any atom is 0.252 e. The average Bonchev–Trinajstić information content (AvgIpc) is 3.39. The molecule has 9 rings (SSSR count). The summed E-state index contributed by atoms with van der Waals surface area (Å²) in [5.41, 5.74) is 19.7. The van der Waals surface area contributed by atoms with Gasteiger partial charge in [-0.3, -0.25) is 0 Å². The number of hydrogen-bond acceptors (Lipinski definition) is 2. The zero-order valence-electron chi connectivity index (χ0n) is 44.1. The SMILES string of the molecule is [2H]C([2H])([2H])c1cc2c3c(c1)N(c1ccc(C(C)(C)C)cc1-c1cccc(C(C)(C)C)c1)c1cc4c(cc1B3c1ccc(C(C)(C)C)cc1N2c1cccc(C(C)(C)C)c1)C(C)(C)CC4(C)C. The lowest BCUT2D eigenvalue weighted by atomic mass is 9.33. The molecule has 3 heteroatoms. The topological polar surface area (TPSA) is 6.48 Å². The second-order valence-corrected chi connectivity index (χ2v) is 24.6. The van der Waals surface area contributed by atoms with Crippen molar-refractivity contribution in [1.82, 2.24) is 0 Å². The van der Waals surface area contributed by atoms with Crippen molar-refractivity contribution in [1.29, 1.82) is 0 Å². The number of nitrogens with zero attached hydrogens (tertiary/aromatic N) is 2. The molecular formula is C60H71BN2. The molecule has 2 nitrogen and oxygen atoms in total. The number of benzene rings is 6. The molecule has 0 saturated carbocycles. The van der Waals surface area contributed by atoms with Gasteiger partial charge < -0.3 is 9.80 Å². The Bertz CT molecular complexity index is 2940. The first kappa shape index (κ1) is 39.6. The molecule has 0 atom stereocenters. The van der Waals surface area contributed by atoms with Crippen molar-refractivity contribution < 1.29 is 4.11 Å². The van der Waals surface area contributed by atoms with Crippen molar-refractivity contribution in [3.63, 3.8) is 0 Å². The fraction of sp³-hybridized carbons (Fsp3) is 0.400. The van der Waals surface area contributed by atoms with E-state index in [9.17, 15) is 0 Å². The Labute approximate surface area is 385 Å². The monoisotopic (exact) mass is 834 g/mol. The molecule has 6 aromatic rings. The van der Waals surface area contributed by atoms with E-state index in [-0.39, 0.29) is 39.2 Å². The molecule has 0 aromatic heterocycles. The third-order valence-corrected chi connectivity index (χ3v) is 14.5. The summed E-state index contributed by atoms with van der Waals surface area (Å²) in [4.78, 5) is 4.86. The van der Waals surface area contributed by atoms with Gasteiger partial charge >= 0.3 is 0 Å². The molecule has 0 radical (unpaired) electrons. The summed E-state index contributed by atoms with van der Waals surface area (Å²) < 4.78 is 27.4. The van der Waals surface area contributed by atoms with Crippen LogP contribution in [0.25, 0.3) is 11.1 Å². The third kappa shape index (κ3) is 7.17. The first-order chi connectivity index (χ1) is 30.4. The van der Waals surface area contributed by atoms with E-state index in [1.54, 1.807) is 0 Å². The van der Waals surface area contributed by atoms with Crippen LogP contribution in [0.5, 0.6) is 0 Å². The van der Waals surface area contributed by atoms with Gasteiger partial charge in [0.25, 0.3) is 6.71 Å². The zero-order valence-corrected chi connectivity index (χ0v) is 41.1. The molecule has 3 aliphatic rings. The van der Waals surface area contributed by atoms with E-state index in [4.69, 9.17) is 4.11 Å². The van der Waals surface area contributed by atoms with Gasteiger partial charge in [0, 0.05) is 38.1 Å². The zero-order chi connectivity index (χ0) is 48.1. The molecule has 0 bridgehead atoms. The van der Waals surface area contributed by atoms with E-state index < -0.39 is 6.85 Å². The smallest absolute Gasteiger partial charge is 0.252 e. The van der Waals surface area contributed by atoms with Gasteiger partial charge in [-0.15, -0.1) is 0 Å². The van der Waals surface area contributed by atoms with Crippen LogP contribution in [0.1, 0.15) is 160 Å². The van der Waals surface area contributed by atoms with Crippen LogP contribution in [0.3, 0.4) is 0 Å². The summed E-state index contributed by atoms with van der Waals surface area (Å²) in [5.74, 6) is 0. The van der Waals surface area contributed by atoms with Crippen LogP contribution in [0.15, 0.2) is 109 Å². The second-order valence-electron chi connectivity index (χ2n) is 24.6. The number of anilines is 6. The second kappa shape index (κ2) is 14.0. The molecule has 0 spiro atoms. The summed E-state index contributed by atoms with van der Waals surface area (Å²) in [5, 5.41) is 0. The lowest BCUT2D eigenvalue weighted by Crippen LogP contribution is -2.61. The maximum atomic E-state index is 9.14. The van der Waals surface area contributed by atoms with Crippen molar-refractivity contribution in [2.75, 3.05) is 9.80 Å². The van der Waals surface area contributed by atoms with Crippen LogP contribution in [0, 0.1) is 6.85 Å². The first-order valence-corrected chi connectivity index (χ1v) is 23.3. The lowest BCUT2D eigenvalue weighted by molar-refractivity contribution is 0.403. The van der Waals surface area contributed by atoms with Crippen molar-refractivity contribution in [3.05, 3.63) is 148 Å². The highest BCUT2D eigenvalue weighted by Gasteiger charge is 2.48. The fourth-order valence-electron chi connectivity index (χ4n) is 11.2. The van der Waals surface area contributed by atoms with Gasteiger partial charge in [-0.1, -0.05) is 171 Å². The van der Waals surface area contributed by atoms with E-state index in [0.29, 0.717) is 5.56 Å². The maximum absolute atomic E-state index is 9.14. The van der Waals surface area contributed by atoms with Gasteiger partial charge in [0.2, 0.25) is 0 Å². The van der Waals surface area contributed by atoms with Crippen LogP contribution >= 0.6 is 0 Å². The fourth-order valence-corrected chi connectivity index (χ4v) is 11.2. The molecule has 63 heavy (non-hydrogen) atoms. The van der Waals surface area contributed by atoms with Crippen molar-refractivity contribution in [2.45, 2.75) is 157 Å². The van der Waals surface area contributed by atoms with Gasteiger partial charge in [0.15, 0.2) is 0 Å². The number of aryl methyl sites for hydroxylation is 1. The number of fused-ring (bicyclic) bond motifs is 5. The highest BCUT2D eigenvalue weighted by atomic mass is 15.2. The molecule has 324 valence electrons. The molecule has 2 heterocycles. The Kier molecular flexibility index (Phi) is 8.79. The summed E-state index contributed by atoms with van der Waals surface area (Å²) in [6.07, 6.45) is 1.04. The van der Waals surface area contributed by atoms with Gasteiger partial charge in [0.05, 0.1) is 5.69 Å². The molecule has 0 fully saturated rings. The number of rotatable bonds is 3. The lowest BCUT2D eigenvalue weighted by Gasteiger charge is -2.46. The highest BCUT2D eigenvalue weighted by Crippen LogP contribution is 2.54. The Morgan fingerprint density at radius 3 is 1.62 bits per heavy atom. The summed E-state index contributed by atoms with van der Waals surface area (Å²) in [7, 11) is 0. The Morgan fingerprint density at radius 1 is 0.476 bits per heavy atom. The van der Waals surface area contributed by atoms with E-state index in [1.165, 1.54) is 44.3 Å². The molecule has 0 amide bonds. The number of hydrogen-bond donors (Lipinski definition) is 0. The minimum Gasteiger partial charge on any atom is -0.311 e. The predicted octanol–water partition coefficient (Wildman–Crippen LogP) is 14.9. The van der Waals surface area contributed by atoms with Crippen LogP contribution in [-0.4, -0.2) is 6.71 Å². The summed E-state index contributed by atoms with van der Waals surface area (Å²) in [6.45, 7) is 34.4. The van der Waals surface area contributed by atoms with Crippen LogP contribution in [-0.2, 0) is 32.5 Å². The van der Waals surface area contributed by atoms with E-state index in [1.807, 2.05) is 12.1 Å². The van der Waals surface area contributed by atoms with Crippen molar-refractivity contribution in [3.8, 4) is 11.1 Å². The first-order valence-electron chi connectivity index (χ1n) is 24.8. The minimum absolute atomic E-state index is 0.0349. The van der Waals surface area contributed by atoms with Gasteiger partial charge in [-0.25, -0.2) is 0 Å². The largest absolute Gasteiger partial charge is 0.311 e. The van der Waals surface area contributed by atoms with Gasteiger partial charge in [0.1, 0.15) is 0 Å². The highest BCUT2D eigenvalue weighted by molar-refractivity contribution is 7.00. The molecule has 0 N–H and O–H groups in total. The van der Waals surface area contributed by atoms with Gasteiger partial charge in [-0.2, -0.15) is 0 Å². The molecule has 1 aliphatic carbocycles. The Hall–Kier alpha value is -5.02. The average molecular weight is 834 g/mol. The normalized spacial score (nSPS) is 17.3. The van der Waals surface area contributed by atoms with Crippen LogP contribution < -0.4 is 26.2 Å². The summed E-state index contributed by atoms with van der Waals surface area (Å²) in [6, 6.07) is 41.2. The van der Waals surface area contributed by atoms with E-state index >= 15 is 0 Å². The van der Waals surface area contributed by atoms with Crippen LogP contribution in [0.4, 0.5) is 34.1 Å². The Morgan fingerprint density at radius 2 is 1.00 bits per heavy atom. The molecule has 2 aliphatic heterocycles. The van der Waals surface area contributed by atoms with Crippen LogP contribution in [0.2, 0.25) is 0 Å². The standard InChI is InChI=1S/C60H71BN2/c1-37-28-52-54-53(29-37)63(49-27-25-41(57(8,9)10)32-44(49)38-20-18-21-39(30-38)55(2,3)4)51-35-46-45(59(14,15)36-60(46,16)17)34-48(51)61(54)47-26-24-42(58(11,12)13)33-50(47)62(52)43-23-19-22-40(31-43)56(5,6)7/h18-35H,36H2,1-17H3/i1D3. The molecule has 6 aromatic carbocycles. The van der Waals surface area contributed by atoms with Crippen molar-refractivity contribution in [2.24, 2.45) is 0 Å². The van der Waals surface area contributed by atoms with Gasteiger partial charge in [-0.05, 0) is 155 Å². The quantitative estimate of drug-likeness (QED) is 0.164.